The molecule has 27 heavy (non-hydrogen) atoms. The van der Waals surface area contributed by atoms with Gasteiger partial charge >= 0.3 is 74.3 Å². The van der Waals surface area contributed by atoms with Gasteiger partial charge < -0.3 is 22.4 Å². The molecule has 0 rings (SSSR count). The van der Waals surface area contributed by atoms with Crippen LogP contribution in [0, 0.1) is 0 Å². The summed E-state index contributed by atoms with van der Waals surface area (Å²) >= 11 is 0. The molecule has 0 aromatic carbocycles. The first-order valence-electron chi connectivity index (χ1n) is 8.73. The van der Waals surface area contributed by atoms with Crippen molar-refractivity contribution in [1.29, 1.82) is 0 Å². The van der Waals surface area contributed by atoms with Gasteiger partial charge in [-0.1, -0.05) is 57.8 Å². The zero-order valence-electron chi connectivity index (χ0n) is 18.5. The molecular formula is C15H32Na2O8P2. The molecule has 0 spiro atoms. The topological polar surface area (TPSA) is 149 Å². The van der Waals surface area contributed by atoms with E-state index >= 15 is 0 Å². The average Bonchev–Trinajstić information content (AvgIpc) is 2.49. The second-order valence-corrected chi connectivity index (χ2v) is 9.44. The smallest absolute Gasteiger partial charge is 1.00 e. The van der Waals surface area contributed by atoms with E-state index in [9.17, 15) is 18.7 Å². The Morgan fingerprint density at radius 3 is 0.889 bits per heavy atom. The van der Waals surface area contributed by atoms with Crippen LogP contribution in [0.5, 0.6) is 0 Å². The van der Waals surface area contributed by atoms with Crippen molar-refractivity contribution < 1.29 is 100 Å². The van der Waals surface area contributed by atoms with Crippen molar-refractivity contribution in [3.63, 3.8) is 0 Å². The van der Waals surface area contributed by atoms with Crippen molar-refractivity contribution in [2.75, 3.05) is 0 Å². The first-order valence-corrected chi connectivity index (χ1v) is 12.0. The van der Waals surface area contributed by atoms with E-state index in [2.05, 4.69) is 0 Å². The largest absolute Gasteiger partial charge is 1.00 e. The second-order valence-electron chi connectivity index (χ2n) is 6.26. The number of rotatable bonds is 16. The molecule has 8 nitrogen and oxygen atoms in total. The van der Waals surface area contributed by atoms with E-state index in [0.717, 1.165) is 57.8 Å². The molecule has 0 aliphatic carbocycles. The minimum Gasteiger partial charge on any atom is -1.00 e. The van der Waals surface area contributed by atoms with Crippen molar-refractivity contribution in [2.45, 2.75) is 83.5 Å². The van der Waals surface area contributed by atoms with Crippen molar-refractivity contribution in [1.82, 2.24) is 0 Å². The normalized spacial score (nSPS) is 11.4. The number of unbranched alkanes of at least 4 members (excludes halogenated alkanes) is 10. The molecule has 12 heteroatoms. The third kappa shape index (κ3) is 20.7. The fourth-order valence-corrected chi connectivity index (χ4v) is 3.33. The summed E-state index contributed by atoms with van der Waals surface area (Å²) in [6, 6.07) is 0. The Bertz CT molecular complexity index is 471. The zero-order valence-corrected chi connectivity index (χ0v) is 22.3. The van der Waals surface area contributed by atoms with Crippen molar-refractivity contribution in [2.24, 2.45) is 0 Å². The van der Waals surface area contributed by atoms with E-state index in [4.69, 9.17) is 19.6 Å². The summed E-state index contributed by atoms with van der Waals surface area (Å²) in [5.41, 5.74) is -1.95. The molecule has 0 aliphatic rings. The van der Waals surface area contributed by atoms with Gasteiger partial charge in [0.05, 0.1) is 0 Å². The van der Waals surface area contributed by atoms with Crippen LogP contribution in [-0.4, -0.2) is 30.6 Å². The maximum atomic E-state index is 11.0. The molecule has 0 bridgehead atoms. The molecular weight excluding hydrogens is 416 g/mol. The molecule has 0 radical (unpaired) electrons. The van der Waals surface area contributed by atoms with Gasteiger partial charge in [-0.2, -0.15) is 0 Å². The Morgan fingerprint density at radius 2 is 0.704 bits per heavy atom. The minimum atomic E-state index is -4.55. The molecule has 0 aromatic heterocycles. The van der Waals surface area contributed by atoms with Crippen LogP contribution in [0.4, 0.5) is 0 Å². The van der Waals surface area contributed by atoms with Gasteiger partial charge in [-0.05, 0) is 12.8 Å². The quantitative estimate of drug-likeness (QED) is 0.117. The van der Waals surface area contributed by atoms with Crippen LogP contribution in [0.3, 0.4) is 0 Å². The fraction of sp³-hybridized carbons (Fsp3) is 0.867. The van der Waals surface area contributed by atoms with Gasteiger partial charge in [0.25, 0.3) is 0 Å². The number of hydrogen-bond donors (Lipinski definition) is 4. The van der Waals surface area contributed by atoms with Crippen molar-refractivity contribution >= 4 is 26.2 Å². The van der Waals surface area contributed by atoms with Gasteiger partial charge in [-0.15, -0.1) is 0 Å². The number of carbonyl (C=O) groups is 2. The maximum absolute atomic E-state index is 11.0. The summed E-state index contributed by atoms with van der Waals surface area (Å²) in [5.74, 6) is 0. The molecule has 0 saturated heterocycles. The number of carbonyl (C=O) groups excluding carboxylic acids is 2. The van der Waals surface area contributed by atoms with Gasteiger partial charge in [-0.3, -0.25) is 18.7 Å². The fourth-order valence-electron chi connectivity index (χ4n) is 2.43. The molecule has 0 atom stereocenters. The van der Waals surface area contributed by atoms with Crippen LogP contribution < -0.4 is 59.1 Å². The second kappa shape index (κ2) is 18.4. The summed E-state index contributed by atoms with van der Waals surface area (Å²) in [6.45, 7) is 0. The molecule has 0 aromatic rings. The molecule has 0 aliphatic heterocycles. The van der Waals surface area contributed by atoms with E-state index in [0.29, 0.717) is 12.8 Å². The molecule has 0 unspecified atom stereocenters. The summed E-state index contributed by atoms with van der Waals surface area (Å²) in [4.78, 5) is 56.6. The predicted octanol–water partition coefficient (Wildman–Crippen LogP) is -2.30. The van der Waals surface area contributed by atoms with E-state index in [1.54, 1.807) is 0 Å². The van der Waals surface area contributed by atoms with Gasteiger partial charge in [0, 0.05) is 12.8 Å². The van der Waals surface area contributed by atoms with Crippen LogP contribution in [0.1, 0.15) is 86.3 Å². The monoisotopic (exact) mass is 448 g/mol. The van der Waals surface area contributed by atoms with E-state index in [1.807, 2.05) is 0 Å². The van der Waals surface area contributed by atoms with E-state index < -0.39 is 26.2 Å². The van der Waals surface area contributed by atoms with Crippen molar-refractivity contribution in [3.05, 3.63) is 0 Å². The van der Waals surface area contributed by atoms with Crippen LogP contribution in [-0.2, 0) is 18.7 Å². The Morgan fingerprint density at radius 1 is 0.519 bits per heavy atom. The molecule has 0 fully saturated rings. The summed E-state index contributed by atoms with van der Waals surface area (Å²) in [7, 11) is -9.10. The van der Waals surface area contributed by atoms with Gasteiger partial charge in [0.2, 0.25) is 11.0 Å². The first-order chi connectivity index (χ1) is 11.5. The Kier molecular flexibility index (Phi) is 22.7. The van der Waals surface area contributed by atoms with Crippen LogP contribution in [0.2, 0.25) is 0 Å². The van der Waals surface area contributed by atoms with Crippen molar-refractivity contribution in [3.8, 4) is 0 Å². The van der Waals surface area contributed by atoms with Crippen LogP contribution in [0.15, 0.2) is 0 Å². The van der Waals surface area contributed by atoms with E-state index in [1.165, 1.54) is 0 Å². The van der Waals surface area contributed by atoms with Crippen LogP contribution in [0.25, 0.3) is 0 Å². The van der Waals surface area contributed by atoms with Gasteiger partial charge in [0.1, 0.15) is 0 Å². The third-order valence-corrected chi connectivity index (χ3v) is 5.68. The molecule has 4 N–H and O–H groups in total. The number of hydrogen-bond acceptors (Lipinski definition) is 4. The summed E-state index contributed by atoms with van der Waals surface area (Å²) in [6.07, 6.45) is 9.66. The van der Waals surface area contributed by atoms with Crippen LogP contribution >= 0.6 is 15.2 Å². The van der Waals surface area contributed by atoms with E-state index in [-0.39, 0.29) is 74.8 Å². The maximum Gasteiger partial charge on any atom is 1.00 e. The molecule has 0 heterocycles. The Labute approximate surface area is 208 Å². The molecule has 152 valence electrons. The third-order valence-electron chi connectivity index (χ3n) is 3.93. The minimum absolute atomic E-state index is 0. The average molecular weight is 448 g/mol. The SMILES string of the molecule is O=C(CCCCCCCCCCCCCC(=O)P(=O)(O)O)P(=O)(O)O.[H-].[H-].[Na+].[Na+]. The molecule has 0 amide bonds. The van der Waals surface area contributed by atoms with Gasteiger partial charge in [0.15, 0.2) is 0 Å². The summed E-state index contributed by atoms with van der Waals surface area (Å²) < 4.78 is 21.3. The Hall–Kier alpha value is 1.64. The predicted molar refractivity (Wildman–Crippen MR) is 96.3 cm³/mol. The Balaban J connectivity index is -0.000000480. The summed E-state index contributed by atoms with van der Waals surface area (Å²) in [5, 5.41) is 0. The standard InChI is InChI=1S/C15H30O8P2.2Na.2H/c16-14(24(18,19)20)12-10-8-6-4-2-1-3-5-7-9-11-13-15(17)25(21,22)23;;;;/h1-13H2,(H2,18,19,20)(H2,21,22,23);;;;/q;2*+1;2*-1. The first kappa shape index (κ1) is 33.3. The molecule has 0 saturated carbocycles. The van der Waals surface area contributed by atoms with Gasteiger partial charge in [-0.25, -0.2) is 0 Å². The zero-order chi connectivity index (χ0) is 19.3.